The van der Waals surface area contributed by atoms with Crippen LogP contribution in [0.4, 0.5) is 13.2 Å². The van der Waals surface area contributed by atoms with E-state index in [1.807, 2.05) is 0 Å². The van der Waals surface area contributed by atoms with Crippen LogP contribution in [0.25, 0.3) is 0 Å². The van der Waals surface area contributed by atoms with E-state index in [2.05, 4.69) is 6.07 Å². The standard InChI is InChI=1S/C20H22F3NO4/c1-27-16-3-2-15(8-17(16)28-5-4-20(21,22)23)19(11-24)9-13-6-12(18(25)26)7-14(13)10-19/h2-3,8,12-14H,4-7,9-10H2,1H3,(H,25,26)/t12?,13-,14+,19?. The Morgan fingerprint density at radius 2 is 1.93 bits per heavy atom. The second-order valence-corrected chi connectivity index (χ2v) is 7.71. The summed E-state index contributed by atoms with van der Waals surface area (Å²) in [5.41, 5.74) is -0.105. The third kappa shape index (κ3) is 4.03. The molecule has 28 heavy (non-hydrogen) atoms. The lowest BCUT2D eigenvalue weighted by Gasteiger charge is -2.24. The van der Waals surface area contributed by atoms with Gasteiger partial charge < -0.3 is 14.6 Å². The van der Waals surface area contributed by atoms with Gasteiger partial charge in [0.2, 0.25) is 0 Å². The molecule has 2 aliphatic carbocycles. The van der Waals surface area contributed by atoms with Crippen LogP contribution in [0.3, 0.4) is 0 Å². The van der Waals surface area contributed by atoms with E-state index in [1.54, 1.807) is 18.2 Å². The van der Waals surface area contributed by atoms with Gasteiger partial charge in [-0.1, -0.05) is 6.07 Å². The third-order valence-electron chi connectivity index (χ3n) is 5.99. The van der Waals surface area contributed by atoms with Crippen LogP contribution in [0.1, 0.15) is 37.7 Å². The maximum absolute atomic E-state index is 12.4. The Labute approximate surface area is 161 Å². The van der Waals surface area contributed by atoms with Crippen LogP contribution in [0.2, 0.25) is 0 Å². The van der Waals surface area contributed by atoms with Gasteiger partial charge in [-0.05, 0) is 55.2 Å². The van der Waals surface area contributed by atoms with Crippen LogP contribution in [0.15, 0.2) is 18.2 Å². The number of carboxylic acids is 1. The Hall–Kier alpha value is -2.43. The highest BCUT2D eigenvalue weighted by atomic mass is 19.4. The molecule has 5 nitrogen and oxygen atoms in total. The third-order valence-corrected chi connectivity index (χ3v) is 5.99. The van der Waals surface area contributed by atoms with Crippen molar-refractivity contribution in [2.45, 2.75) is 43.7 Å². The van der Waals surface area contributed by atoms with Gasteiger partial charge in [0.15, 0.2) is 11.5 Å². The maximum Gasteiger partial charge on any atom is 0.392 e. The molecule has 0 bridgehead atoms. The van der Waals surface area contributed by atoms with Gasteiger partial charge in [-0.3, -0.25) is 4.79 Å². The van der Waals surface area contributed by atoms with Crippen LogP contribution in [-0.4, -0.2) is 31.0 Å². The second kappa shape index (κ2) is 7.53. The number of hydrogen-bond acceptors (Lipinski definition) is 4. The number of nitriles is 1. The van der Waals surface area contributed by atoms with Gasteiger partial charge >= 0.3 is 12.1 Å². The van der Waals surface area contributed by atoms with Crippen LogP contribution in [-0.2, 0) is 10.2 Å². The lowest BCUT2D eigenvalue weighted by molar-refractivity contribution is -0.142. The van der Waals surface area contributed by atoms with Crippen LogP contribution >= 0.6 is 0 Å². The predicted molar refractivity (Wildman–Crippen MR) is 93.0 cm³/mol. The van der Waals surface area contributed by atoms with Gasteiger partial charge in [-0.2, -0.15) is 18.4 Å². The molecule has 1 aromatic carbocycles. The zero-order valence-electron chi connectivity index (χ0n) is 15.5. The fourth-order valence-corrected chi connectivity index (χ4v) is 4.65. The minimum Gasteiger partial charge on any atom is -0.493 e. The summed E-state index contributed by atoms with van der Waals surface area (Å²) in [6.45, 7) is -0.533. The average Bonchev–Trinajstić information content (AvgIpc) is 3.17. The number of benzene rings is 1. The average molecular weight is 397 g/mol. The van der Waals surface area contributed by atoms with E-state index in [-0.39, 0.29) is 23.5 Å². The van der Waals surface area contributed by atoms with E-state index >= 15 is 0 Å². The molecule has 1 N–H and O–H groups in total. The van der Waals surface area contributed by atoms with E-state index in [0.29, 0.717) is 37.0 Å². The molecule has 2 saturated carbocycles. The van der Waals surface area contributed by atoms with E-state index in [4.69, 9.17) is 9.47 Å². The lowest BCUT2D eigenvalue weighted by Crippen LogP contribution is -2.23. The Kier molecular flexibility index (Phi) is 5.46. The number of methoxy groups -OCH3 is 1. The van der Waals surface area contributed by atoms with Crippen molar-refractivity contribution in [1.29, 1.82) is 5.26 Å². The minimum atomic E-state index is -4.32. The fraction of sp³-hybridized carbons (Fsp3) is 0.600. The van der Waals surface area contributed by atoms with Gasteiger partial charge in [0.05, 0.1) is 37.5 Å². The lowest BCUT2D eigenvalue weighted by atomic mass is 9.77. The smallest absolute Gasteiger partial charge is 0.392 e. The number of carboxylic acid groups (broad SMARTS) is 1. The van der Waals surface area contributed by atoms with Crippen LogP contribution in [0.5, 0.6) is 11.5 Å². The molecule has 1 aromatic rings. The zero-order valence-corrected chi connectivity index (χ0v) is 15.5. The Bertz CT molecular complexity index is 773. The van der Waals surface area contributed by atoms with E-state index in [0.717, 1.165) is 0 Å². The summed E-state index contributed by atoms with van der Waals surface area (Å²) in [7, 11) is 1.40. The van der Waals surface area contributed by atoms with E-state index in [9.17, 15) is 28.3 Å². The van der Waals surface area contributed by atoms with Crippen molar-refractivity contribution < 1.29 is 32.5 Å². The topological polar surface area (TPSA) is 79.5 Å². The van der Waals surface area contributed by atoms with Gasteiger partial charge in [0.1, 0.15) is 0 Å². The van der Waals surface area contributed by atoms with Gasteiger partial charge in [-0.15, -0.1) is 0 Å². The molecule has 4 atom stereocenters. The first-order valence-corrected chi connectivity index (χ1v) is 9.19. The molecular weight excluding hydrogens is 375 g/mol. The molecule has 8 heteroatoms. The molecule has 0 aromatic heterocycles. The Morgan fingerprint density at radius 1 is 1.29 bits per heavy atom. The molecule has 0 aliphatic heterocycles. The summed E-state index contributed by atoms with van der Waals surface area (Å²) < 4.78 is 47.7. The van der Waals surface area contributed by atoms with Crippen molar-refractivity contribution in [3.8, 4) is 17.6 Å². The van der Waals surface area contributed by atoms with Crippen molar-refractivity contribution >= 4 is 5.97 Å². The summed E-state index contributed by atoms with van der Waals surface area (Å²) in [5.74, 6) is -0.331. The SMILES string of the molecule is COc1ccc(C2(C#N)C[C@H]3CC(C(=O)O)C[C@H]3C2)cc1OCCC(F)(F)F. The predicted octanol–water partition coefficient (Wildman–Crippen LogP) is 4.31. The van der Waals surface area contributed by atoms with Gasteiger partial charge in [-0.25, -0.2) is 0 Å². The van der Waals surface area contributed by atoms with Gasteiger partial charge in [0.25, 0.3) is 0 Å². The van der Waals surface area contributed by atoms with Crippen molar-refractivity contribution in [2.24, 2.45) is 17.8 Å². The zero-order chi connectivity index (χ0) is 20.5. The summed E-state index contributed by atoms with van der Waals surface area (Å²) >= 11 is 0. The highest BCUT2D eigenvalue weighted by Crippen LogP contribution is 2.56. The number of nitrogens with zero attached hydrogens (tertiary/aromatic N) is 1. The largest absolute Gasteiger partial charge is 0.493 e. The fourth-order valence-electron chi connectivity index (χ4n) is 4.65. The summed E-state index contributed by atoms with van der Waals surface area (Å²) in [4.78, 5) is 11.2. The van der Waals surface area contributed by atoms with Crippen LogP contribution in [0, 0.1) is 29.1 Å². The summed E-state index contributed by atoms with van der Waals surface area (Å²) in [5, 5.41) is 19.1. The normalized spacial score (nSPS) is 29.2. The van der Waals surface area contributed by atoms with Crippen molar-refractivity contribution in [2.75, 3.05) is 13.7 Å². The molecule has 0 heterocycles. The molecule has 0 radical (unpaired) electrons. The molecule has 0 amide bonds. The Morgan fingerprint density at radius 3 is 2.43 bits per heavy atom. The van der Waals surface area contributed by atoms with Gasteiger partial charge in [0, 0.05) is 0 Å². The molecule has 2 aliphatic rings. The molecule has 2 fully saturated rings. The monoisotopic (exact) mass is 397 g/mol. The number of alkyl halides is 3. The molecule has 0 saturated heterocycles. The first-order chi connectivity index (χ1) is 13.2. The first-order valence-electron chi connectivity index (χ1n) is 9.19. The number of hydrogen-bond donors (Lipinski definition) is 1. The maximum atomic E-state index is 12.4. The van der Waals surface area contributed by atoms with Crippen molar-refractivity contribution in [3.05, 3.63) is 23.8 Å². The quantitative estimate of drug-likeness (QED) is 0.774. The second-order valence-electron chi connectivity index (χ2n) is 7.71. The number of carbonyl (C=O) groups is 1. The van der Waals surface area contributed by atoms with E-state index < -0.39 is 30.6 Å². The highest BCUT2D eigenvalue weighted by Gasteiger charge is 2.52. The highest BCUT2D eigenvalue weighted by molar-refractivity contribution is 5.70. The molecule has 0 spiro atoms. The van der Waals surface area contributed by atoms with Crippen molar-refractivity contribution in [1.82, 2.24) is 0 Å². The number of rotatable bonds is 6. The van der Waals surface area contributed by atoms with Crippen LogP contribution < -0.4 is 9.47 Å². The molecule has 2 unspecified atom stereocenters. The number of halogens is 3. The van der Waals surface area contributed by atoms with E-state index in [1.165, 1.54) is 7.11 Å². The first kappa shape index (κ1) is 20.3. The summed E-state index contributed by atoms with van der Waals surface area (Å²) in [6, 6.07) is 7.33. The number of ether oxygens (including phenoxy) is 2. The number of fused-ring (bicyclic) bond motifs is 1. The summed E-state index contributed by atoms with van der Waals surface area (Å²) in [6.07, 6.45) is -3.17. The Balaban J connectivity index is 1.80. The molecule has 3 rings (SSSR count). The minimum absolute atomic E-state index is 0.164. The molecular formula is C20H22F3NO4. The van der Waals surface area contributed by atoms with Crippen molar-refractivity contribution in [3.63, 3.8) is 0 Å². The molecule has 152 valence electrons. The number of aliphatic carboxylic acids is 1.